The lowest BCUT2D eigenvalue weighted by Crippen LogP contribution is -2.38. The number of benzene rings is 1. The highest BCUT2D eigenvalue weighted by atomic mass is 35.5. The Morgan fingerprint density at radius 1 is 1.25 bits per heavy atom. The second kappa shape index (κ2) is 7.72. The molecule has 1 aromatic rings. The molecular formula is C15H24ClNO3. The van der Waals surface area contributed by atoms with E-state index < -0.39 is 0 Å². The Bertz CT molecular complexity index is 437. The fourth-order valence-electron chi connectivity index (χ4n) is 2.59. The summed E-state index contributed by atoms with van der Waals surface area (Å²) in [4.78, 5) is 0. The van der Waals surface area contributed by atoms with Crippen molar-refractivity contribution in [3.63, 3.8) is 0 Å². The Hall–Kier alpha value is -0.970. The number of fused-ring (bicyclic) bond motifs is 1. The topological polar surface area (TPSA) is 50.7 Å². The van der Waals surface area contributed by atoms with E-state index in [2.05, 4.69) is 17.4 Å². The van der Waals surface area contributed by atoms with Gasteiger partial charge in [-0.1, -0.05) is 0 Å². The molecule has 2 unspecified atom stereocenters. The number of aryl methyl sites for hydroxylation is 1. The number of rotatable bonds is 5. The molecule has 0 fully saturated rings. The van der Waals surface area contributed by atoms with E-state index in [9.17, 15) is 5.11 Å². The van der Waals surface area contributed by atoms with Gasteiger partial charge in [-0.25, -0.2) is 0 Å². The summed E-state index contributed by atoms with van der Waals surface area (Å²) in [5.41, 5.74) is 2.65. The average Bonchev–Trinajstić information content (AvgIpc) is 2.43. The predicted molar refractivity (Wildman–Crippen MR) is 82.3 cm³/mol. The van der Waals surface area contributed by atoms with Gasteiger partial charge >= 0.3 is 0 Å². The van der Waals surface area contributed by atoms with Crippen LogP contribution in [-0.2, 0) is 12.8 Å². The number of nitrogens with one attached hydrogen (secondary N) is 1. The van der Waals surface area contributed by atoms with Gasteiger partial charge in [0, 0.05) is 12.6 Å². The maximum Gasteiger partial charge on any atom is 0.161 e. The van der Waals surface area contributed by atoms with E-state index in [0.29, 0.717) is 12.6 Å². The average molecular weight is 302 g/mol. The highest BCUT2D eigenvalue weighted by molar-refractivity contribution is 5.85. The van der Waals surface area contributed by atoms with Gasteiger partial charge in [-0.3, -0.25) is 0 Å². The Morgan fingerprint density at radius 3 is 2.40 bits per heavy atom. The summed E-state index contributed by atoms with van der Waals surface area (Å²) in [6.07, 6.45) is 2.80. The van der Waals surface area contributed by atoms with Gasteiger partial charge in [0.15, 0.2) is 11.5 Å². The van der Waals surface area contributed by atoms with Crippen LogP contribution in [0, 0.1) is 0 Å². The molecule has 2 atom stereocenters. The molecule has 1 aliphatic rings. The van der Waals surface area contributed by atoms with Gasteiger partial charge in [0.1, 0.15) is 0 Å². The van der Waals surface area contributed by atoms with Gasteiger partial charge in [0.05, 0.1) is 20.3 Å². The van der Waals surface area contributed by atoms with E-state index in [1.54, 1.807) is 21.1 Å². The summed E-state index contributed by atoms with van der Waals surface area (Å²) in [5.74, 6) is 1.59. The lowest BCUT2D eigenvalue weighted by Gasteiger charge is -2.27. The van der Waals surface area contributed by atoms with Crippen molar-refractivity contribution in [1.29, 1.82) is 0 Å². The molecule has 0 amide bonds. The molecule has 1 aliphatic carbocycles. The number of methoxy groups -OCH3 is 2. The van der Waals surface area contributed by atoms with Crippen molar-refractivity contribution in [1.82, 2.24) is 5.32 Å². The minimum absolute atomic E-state index is 0. The standard InChI is InChI=1S/C15H23NO3.ClH/c1-10(17)9-16-13-5-4-11-7-14(18-2)15(19-3)8-12(11)6-13;/h7-8,10,13,16-17H,4-6,9H2,1-3H3;1H. The van der Waals surface area contributed by atoms with Crippen LogP contribution >= 0.6 is 12.4 Å². The SMILES string of the molecule is COc1cc2c(cc1OC)CC(NCC(C)O)CC2.Cl. The Kier molecular flexibility index (Phi) is 6.59. The van der Waals surface area contributed by atoms with E-state index in [1.165, 1.54) is 11.1 Å². The van der Waals surface area contributed by atoms with E-state index in [-0.39, 0.29) is 18.5 Å². The first kappa shape index (κ1) is 17.1. The van der Waals surface area contributed by atoms with Crippen LogP contribution in [0.2, 0.25) is 0 Å². The van der Waals surface area contributed by atoms with Crippen LogP contribution in [0.5, 0.6) is 11.5 Å². The van der Waals surface area contributed by atoms with Crippen LogP contribution in [0.4, 0.5) is 0 Å². The van der Waals surface area contributed by atoms with Crippen molar-refractivity contribution in [2.45, 2.75) is 38.3 Å². The largest absolute Gasteiger partial charge is 0.493 e. The van der Waals surface area contributed by atoms with Gasteiger partial charge in [0.2, 0.25) is 0 Å². The second-order valence-electron chi connectivity index (χ2n) is 5.17. The second-order valence-corrected chi connectivity index (χ2v) is 5.17. The molecule has 0 aromatic heterocycles. The molecule has 4 nitrogen and oxygen atoms in total. The number of hydrogen-bond donors (Lipinski definition) is 2. The maximum atomic E-state index is 9.33. The first-order valence-corrected chi connectivity index (χ1v) is 6.79. The molecule has 0 spiro atoms. The third-order valence-electron chi connectivity index (χ3n) is 3.64. The molecule has 2 rings (SSSR count). The zero-order valence-electron chi connectivity index (χ0n) is 12.3. The number of hydrogen-bond acceptors (Lipinski definition) is 4. The summed E-state index contributed by atoms with van der Waals surface area (Å²) in [6, 6.07) is 4.59. The lowest BCUT2D eigenvalue weighted by atomic mass is 9.87. The Labute approximate surface area is 126 Å². The zero-order valence-corrected chi connectivity index (χ0v) is 13.1. The Morgan fingerprint density at radius 2 is 1.85 bits per heavy atom. The fourth-order valence-corrected chi connectivity index (χ4v) is 2.59. The number of ether oxygens (including phenoxy) is 2. The Balaban J connectivity index is 0.00000200. The summed E-state index contributed by atoms with van der Waals surface area (Å²) in [6.45, 7) is 2.45. The van der Waals surface area contributed by atoms with Gasteiger partial charge in [0.25, 0.3) is 0 Å². The van der Waals surface area contributed by atoms with Crippen molar-refractivity contribution < 1.29 is 14.6 Å². The third-order valence-corrected chi connectivity index (χ3v) is 3.64. The van der Waals surface area contributed by atoms with Gasteiger partial charge in [-0.2, -0.15) is 0 Å². The van der Waals surface area contributed by atoms with E-state index in [4.69, 9.17) is 9.47 Å². The molecule has 0 aliphatic heterocycles. The van der Waals surface area contributed by atoms with Crippen LogP contribution < -0.4 is 14.8 Å². The van der Waals surface area contributed by atoms with Crippen molar-refractivity contribution in [2.24, 2.45) is 0 Å². The lowest BCUT2D eigenvalue weighted by molar-refractivity contribution is 0.184. The first-order chi connectivity index (χ1) is 9.13. The van der Waals surface area contributed by atoms with Crippen LogP contribution in [0.3, 0.4) is 0 Å². The molecule has 114 valence electrons. The van der Waals surface area contributed by atoms with Crippen molar-refractivity contribution in [2.75, 3.05) is 20.8 Å². The molecule has 0 saturated carbocycles. The van der Waals surface area contributed by atoms with Gasteiger partial charge in [-0.05, 0) is 49.4 Å². The molecule has 2 N–H and O–H groups in total. The zero-order chi connectivity index (χ0) is 13.8. The molecule has 0 saturated heterocycles. The molecular weight excluding hydrogens is 278 g/mol. The molecule has 0 radical (unpaired) electrons. The summed E-state index contributed by atoms with van der Waals surface area (Å²) in [7, 11) is 3.33. The number of aliphatic hydroxyl groups excluding tert-OH is 1. The minimum Gasteiger partial charge on any atom is -0.493 e. The van der Waals surface area contributed by atoms with Crippen molar-refractivity contribution >= 4 is 12.4 Å². The smallest absolute Gasteiger partial charge is 0.161 e. The van der Waals surface area contributed by atoms with E-state index in [1.807, 2.05) is 0 Å². The number of halogens is 1. The normalized spacial score (nSPS) is 18.7. The highest BCUT2D eigenvalue weighted by Gasteiger charge is 2.21. The van der Waals surface area contributed by atoms with Gasteiger partial charge in [-0.15, -0.1) is 12.4 Å². The fraction of sp³-hybridized carbons (Fsp3) is 0.600. The summed E-state index contributed by atoms with van der Waals surface area (Å²) < 4.78 is 10.7. The third kappa shape index (κ3) is 4.01. The molecule has 20 heavy (non-hydrogen) atoms. The predicted octanol–water partition coefficient (Wildman–Crippen LogP) is 1.95. The van der Waals surface area contributed by atoms with Crippen LogP contribution in [0.25, 0.3) is 0 Å². The molecule has 0 bridgehead atoms. The molecule has 1 aromatic carbocycles. The highest BCUT2D eigenvalue weighted by Crippen LogP contribution is 2.34. The summed E-state index contributed by atoms with van der Waals surface area (Å²) >= 11 is 0. The van der Waals surface area contributed by atoms with Gasteiger partial charge < -0.3 is 19.9 Å². The van der Waals surface area contributed by atoms with Crippen LogP contribution in [0.1, 0.15) is 24.5 Å². The van der Waals surface area contributed by atoms with Crippen LogP contribution in [0.15, 0.2) is 12.1 Å². The maximum absolute atomic E-state index is 9.33. The van der Waals surface area contributed by atoms with E-state index in [0.717, 1.165) is 30.8 Å². The van der Waals surface area contributed by atoms with Crippen LogP contribution in [-0.4, -0.2) is 38.0 Å². The number of aliphatic hydroxyl groups is 1. The quantitative estimate of drug-likeness (QED) is 0.873. The first-order valence-electron chi connectivity index (χ1n) is 6.79. The molecule has 0 heterocycles. The van der Waals surface area contributed by atoms with E-state index >= 15 is 0 Å². The molecule has 5 heteroatoms. The van der Waals surface area contributed by atoms with Crippen molar-refractivity contribution in [3.05, 3.63) is 23.3 Å². The van der Waals surface area contributed by atoms with Crippen molar-refractivity contribution in [3.8, 4) is 11.5 Å². The summed E-state index contributed by atoms with van der Waals surface area (Å²) in [5, 5.41) is 12.7. The minimum atomic E-state index is -0.299. The monoisotopic (exact) mass is 301 g/mol.